The summed E-state index contributed by atoms with van der Waals surface area (Å²) < 4.78 is 56.9. The molecule has 4 aromatic rings. The lowest BCUT2D eigenvalue weighted by Gasteiger charge is -2.31. The molecule has 8 atom stereocenters. The molecule has 2 aliphatic rings. The number of esters is 3. The minimum Gasteiger partial charge on any atom is -0.503 e. The van der Waals surface area contributed by atoms with Gasteiger partial charge in [0.15, 0.2) is 46.0 Å². The molecule has 2 saturated heterocycles. The highest BCUT2D eigenvalue weighted by atomic mass is 16.7. The number of aromatic hydroxyl groups is 1. The van der Waals surface area contributed by atoms with Crippen molar-refractivity contribution in [2.24, 2.45) is 35.5 Å². The highest BCUT2D eigenvalue weighted by molar-refractivity contribution is 6.00. The molecule has 0 aliphatic carbocycles. The van der Waals surface area contributed by atoms with Gasteiger partial charge >= 0.3 is 17.9 Å². The number of hydrogen-bond acceptors (Lipinski definition) is 18. The molecule has 0 bridgehead atoms. The summed E-state index contributed by atoms with van der Waals surface area (Å²) >= 11 is 0. The number of pyridine rings is 2. The molecule has 6 rings (SSSR count). The number of carbonyl (C=O) groups excluding carboxylic acids is 5. The molecular formula is C57H74N2O16. The van der Waals surface area contributed by atoms with Crippen molar-refractivity contribution in [2.75, 3.05) is 60.7 Å². The Hall–Kier alpha value is -6.47. The first-order valence-electron chi connectivity index (χ1n) is 25.4. The van der Waals surface area contributed by atoms with Crippen LogP contribution in [0, 0.1) is 35.5 Å². The first kappa shape index (κ1) is 59.4. The number of nitrogens with zero attached hydrogens (tertiary/aromatic N) is 2. The van der Waals surface area contributed by atoms with Gasteiger partial charge in [0.25, 0.3) is 0 Å². The van der Waals surface area contributed by atoms with E-state index in [2.05, 4.69) is 49.8 Å². The molecule has 2 aliphatic heterocycles. The molecule has 0 saturated carbocycles. The molecule has 0 unspecified atom stereocenters. The van der Waals surface area contributed by atoms with Crippen molar-refractivity contribution in [2.45, 2.75) is 98.6 Å². The molecule has 1 N–H and O–H groups in total. The first-order chi connectivity index (χ1) is 36.0. The van der Waals surface area contributed by atoms with Crippen molar-refractivity contribution in [3.8, 4) is 23.0 Å². The number of Topliss-reactive ketones (excluding diaryl/α,β-unsaturated/α-hetero) is 2. The second-order valence-corrected chi connectivity index (χ2v) is 19.6. The van der Waals surface area contributed by atoms with Gasteiger partial charge in [-0.3, -0.25) is 24.0 Å². The molecule has 2 aromatic heterocycles. The Labute approximate surface area is 440 Å². The van der Waals surface area contributed by atoms with E-state index in [1.807, 2.05) is 62.4 Å². The van der Waals surface area contributed by atoms with E-state index >= 15 is 0 Å². The Morgan fingerprint density at radius 3 is 1.52 bits per heavy atom. The van der Waals surface area contributed by atoms with Crippen molar-refractivity contribution in [1.29, 1.82) is 0 Å². The van der Waals surface area contributed by atoms with Gasteiger partial charge in [-0.1, -0.05) is 88.4 Å². The van der Waals surface area contributed by atoms with Crippen LogP contribution >= 0.6 is 0 Å². The zero-order valence-corrected chi connectivity index (χ0v) is 44.6. The molecule has 2 fully saturated rings. The first-order valence-corrected chi connectivity index (χ1v) is 25.4. The number of benzene rings is 2. The number of methoxy groups -OCH3 is 2. The molecule has 408 valence electrons. The van der Waals surface area contributed by atoms with Gasteiger partial charge in [-0.25, -0.2) is 9.97 Å². The van der Waals surface area contributed by atoms with E-state index in [4.69, 9.17) is 47.4 Å². The topological polar surface area (TPSA) is 224 Å². The van der Waals surface area contributed by atoms with E-state index < -0.39 is 60.3 Å². The highest BCUT2D eigenvalue weighted by Gasteiger charge is 2.38. The zero-order valence-electron chi connectivity index (χ0n) is 44.6. The van der Waals surface area contributed by atoms with Crippen LogP contribution in [0.3, 0.4) is 0 Å². The third-order valence-electron chi connectivity index (χ3n) is 12.4. The zero-order chi connectivity index (χ0) is 54.4. The van der Waals surface area contributed by atoms with E-state index in [1.54, 1.807) is 0 Å². The van der Waals surface area contributed by atoms with Gasteiger partial charge in [-0.05, 0) is 49.7 Å². The Morgan fingerprint density at radius 2 is 1.08 bits per heavy atom. The van der Waals surface area contributed by atoms with Crippen LogP contribution in [0.4, 0.5) is 0 Å². The Bertz CT molecular complexity index is 2440. The van der Waals surface area contributed by atoms with Gasteiger partial charge in [-0.15, -0.1) is 0 Å². The van der Waals surface area contributed by atoms with Crippen LogP contribution in [-0.4, -0.2) is 130 Å². The maximum absolute atomic E-state index is 13.4. The summed E-state index contributed by atoms with van der Waals surface area (Å²) in [6, 6.07) is 23.1. The molecule has 2 aromatic carbocycles. The van der Waals surface area contributed by atoms with E-state index in [0.29, 0.717) is 51.1 Å². The van der Waals surface area contributed by atoms with E-state index in [1.165, 1.54) is 45.7 Å². The van der Waals surface area contributed by atoms with E-state index in [0.717, 1.165) is 11.1 Å². The number of rotatable bonds is 21. The van der Waals surface area contributed by atoms with Crippen molar-refractivity contribution < 1.29 is 76.4 Å². The van der Waals surface area contributed by atoms with Crippen LogP contribution in [0.2, 0.25) is 0 Å². The van der Waals surface area contributed by atoms with Gasteiger partial charge in [0.2, 0.25) is 6.79 Å². The van der Waals surface area contributed by atoms with Crippen LogP contribution in [0.1, 0.15) is 93.4 Å². The Morgan fingerprint density at radius 1 is 0.640 bits per heavy atom. The predicted octanol–water partition coefficient (Wildman–Crippen LogP) is 7.89. The quantitative estimate of drug-likeness (QED) is 0.0362. The van der Waals surface area contributed by atoms with Crippen LogP contribution in [0.5, 0.6) is 23.0 Å². The standard InChI is InChI=1S/C30H39NO9.C27H35NO7/c1-19(2)15-37-28-20(3)40-30(34)24(17-36-16-23(28)13-22-9-7-6-8-10-22)14-25(33)27-29(39-18-38-21(4)32)26(35-5)11-12-31-27;1-17(2)14-34-26-18(3)35-27(31)21(13-22(29)24-25(30)23(32-4)10-11-28-24)16-33-15-20(26)12-19-8-6-5-7-9-19/h6-12,19-20,23-24,28H,13-18H2,1-5H3;5-11,17-18,20-21,26,30H,12-16H2,1-4H3/t20-,23-,24-,28-;18-,20-,21-,26-/m00/s1. The molecule has 18 heteroatoms. The van der Waals surface area contributed by atoms with Gasteiger partial charge in [0.1, 0.15) is 12.2 Å². The van der Waals surface area contributed by atoms with Gasteiger partial charge in [0, 0.05) is 69.3 Å². The van der Waals surface area contributed by atoms with Crippen LogP contribution in [0.25, 0.3) is 0 Å². The minimum absolute atomic E-state index is 0.00685. The lowest BCUT2D eigenvalue weighted by molar-refractivity contribution is -0.164. The molecule has 0 amide bonds. The third-order valence-corrected chi connectivity index (χ3v) is 12.4. The molecule has 75 heavy (non-hydrogen) atoms. The SMILES string of the molecule is COc1ccnc(C(=O)C[C@H]2COC[C@H](Cc3ccccc3)[C@@H](OCC(C)C)[C@H](C)OC2=O)c1O.COc1ccnc(C(=O)C[C@H]2COC[C@H](Cc3ccccc3)[C@@H](OCC(C)C)[C@H](C)OC2=O)c1OCOC(C)=O. The second-order valence-electron chi connectivity index (χ2n) is 19.6. The fourth-order valence-corrected chi connectivity index (χ4v) is 8.67. The maximum atomic E-state index is 13.4. The van der Waals surface area contributed by atoms with Gasteiger partial charge < -0.3 is 52.5 Å². The van der Waals surface area contributed by atoms with Crippen molar-refractivity contribution in [1.82, 2.24) is 9.97 Å². The average Bonchev–Trinajstić information content (AvgIpc) is 3.46. The summed E-state index contributed by atoms with van der Waals surface area (Å²) in [6.45, 7) is 14.4. The number of ether oxygens (including phenoxy) is 10. The fourth-order valence-electron chi connectivity index (χ4n) is 8.67. The van der Waals surface area contributed by atoms with E-state index in [9.17, 15) is 29.1 Å². The Balaban J connectivity index is 0.000000280. The third kappa shape index (κ3) is 18.4. The normalized spacial score (nSPS) is 22.3. The number of cyclic esters (lactones) is 2. The summed E-state index contributed by atoms with van der Waals surface area (Å²) in [5.74, 6) is -3.75. The molecular weight excluding hydrogens is 969 g/mol. The number of hydrogen-bond donors (Lipinski definition) is 1. The lowest BCUT2D eigenvalue weighted by Crippen LogP contribution is -2.40. The molecule has 18 nitrogen and oxygen atoms in total. The lowest BCUT2D eigenvalue weighted by atomic mass is 9.91. The van der Waals surface area contributed by atoms with Crippen LogP contribution in [-0.2, 0) is 60.4 Å². The van der Waals surface area contributed by atoms with Crippen molar-refractivity contribution in [3.05, 3.63) is 108 Å². The Kier molecular flexibility index (Phi) is 23.9. The summed E-state index contributed by atoms with van der Waals surface area (Å²) in [4.78, 5) is 71.8. The fraction of sp³-hybridized carbons (Fsp3) is 0.526. The van der Waals surface area contributed by atoms with E-state index in [-0.39, 0.29) is 84.5 Å². The summed E-state index contributed by atoms with van der Waals surface area (Å²) in [6.07, 6.45) is 1.89. The monoisotopic (exact) mass is 1040 g/mol. The summed E-state index contributed by atoms with van der Waals surface area (Å²) in [5, 5.41) is 10.3. The summed E-state index contributed by atoms with van der Waals surface area (Å²) in [5.41, 5.74) is 2.07. The largest absolute Gasteiger partial charge is 0.503 e. The van der Waals surface area contributed by atoms with Crippen LogP contribution in [0.15, 0.2) is 85.2 Å². The predicted molar refractivity (Wildman–Crippen MR) is 275 cm³/mol. The van der Waals surface area contributed by atoms with Crippen LogP contribution < -0.4 is 14.2 Å². The summed E-state index contributed by atoms with van der Waals surface area (Å²) in [7, 11) is 2.80. The second kappa shape index (κ2) is 30.2. The molecule has 0 spiro atoms. The number of carbonyl (C=O) groups is 5. The molecule has 4 heterocycles. The molecule has 0 radical (unpaired) electrons. The minimum atomic E-state index is -0.870. The van der Waals surface area contributed by atoms with Gasteiger partial charge in [-0.2, -0.15) is 0 Å². The average molecular weight is 1040 g/mol. The van der Waals surface area contributed by atoms with Gasteiger partial charge in [0.05, 0.1) is 64.7 Å². The maximum Gasteiger partial charge on any atom is 0.312 e. The van der Waals surface area contributed by atoms with Crippen molar-refractivity contribution >= 4 is 29.5 Å². The smallest absolute Gasteiger partial charge is 0.312 e. The number of ketones is 2. The highest BCUT2D eigenvalue weighted by Crippen LogP contribution is 2.33. The van der Waals surface area contributed by atoms with Crippen molar-refractivity contribution in [3.63, 3.8) is 0 Å². The number of aromatic nitrogens is 2.